The molecule has 5 nitrogen and oxygen atoms in total. The molecule has 1 aromatic carbocycles. The van der Waals surface area contributed by atoms with E-state index in [2.05, 4.69) is 4.98 Å². The molecule has 6 heteroatoms. The standard InChI is InChI=1S/C18H19N3O2S/c1-3-13-10-14-17(24-13)20-15(9-12-7-5-4-6-8-12)21(18(14)23)11(2)16(19)22/h4-8,10-11H,3,9H2,1-2H3,(H2,19,22). The van der Waals surface area contributed by atoms with Crippen LogP contribution in [0.4, 0.5) is 0 Å². The van der Waals surface area contributed by atoms with Gasteiger partial charge in [-0.25, -0.2) is 4.98 Å². The van der Waals surface area contributed by atoms with Gasteiger partial charge < -0.3 is 5.73 Å². The van der Waals surface area contributed by atoms with Crippen LogP contribution in [-0.2, 0) is 17.6 Å². The maximum atomic E-state index is 12.9. The van der Waals surface area contributed by atoms with Gasteiger partial charge >= 0.3 is 0 Å². The summed E-state index contributed by atoms with van der Waals surface area (Å²) >= 11 is 1.52. The summed E-state index contributed by atoms with van der Waals surface area (Å²) in [4.78, 5) is 31.1. The fourth-order valence-electron chi connectivity index (χ4n) is 2.69. The highest BCUT2D eigenvalue weighted by molar-refractivity contribution is 7.18. The Kier molecular flexibility index (Phi) is 4.49. The molecular formula is C18H19N3O2S. The fourth-order valence-corrected chi connectivity index (χ4v) is 3.67. The van der Waals surface area contributed by atoms with Crippen LogP contribution in [0.1, 0.15) is 36.2 Å². The summed E-state index contributed by atoms with van der Waals surface area (Å²) in [6.45, 7) is 3.68. The molecule has 0 aliphatic carbocycles. The van der Waals surface area contributed by atoms with Crippen molar-refractivity contribution in [1.82, 2.24) is 9.55 Å². The van der Waals surface area contributed by atoms with Gasteiger partial charge in [-0.3, -0.25) is 14.2 Å². The first kappa shape index (κ1) is 16.4. The number of fused-ring (bicyclic) bond motifs is 1. The lowest BCUT2D eigenvalue weighted by molar-refractivity contribution is -0.120. The van der Waals surface area contributed by atoms with Crippen LogP contribution in [0.5, 0.6) is 0 Å². The number of nitrogens with two attached hydrogens (primary N) is 1. The highest BCUT2D eigenvalue weighted by Crippen LogP contribution is 2.24. The van der Waals surface area contributed by atoms with Crippen molar-refractivity contribution >= 4 is 27.5 Å². The molecule has 0 radical (unpaired) electrons. The summed E-state index contributed by atoms with van der Waals surface area (Å²) in [5.41, 5.74) is 6.28. The van der Waals surface area contributed by atoms with Crippen LogP contribution in [0, 0.1) is 0 Å². The monoisotopic (exact) mass is 341 g/mol. The van der Waals surface area contributed by atoms with Crippen LogP contribution in [0.25, 0.3) is 10.2 Å². The Morgan fingerprint density at radius 2 is 2.04 bits per heavy atom. The Bertz CT molecular complexity index is 944. The van der Waals surface area contributed by atoms with Gasteiger partial charge in [-0.1, -0.05) is 37.3 Å². The van der Waals surface area contributed by atoms with Crippen LogP contribution >= 0.6 is 11.3 Å². The van der Waals surface area contributed by atoms with E-state index in [9.17, 15) is 9.59 Å². The summed E-state index contributed by atoms with van der Waals surface area (Å²) in [6, 6.07) is 10.9. The SMILES string of the molecule is CCc1cc2c(=O)n(C(C)C(N)=O)c(Cc3ccccc3)nc2s1. The number of benzene rings is 1. The van der Waals surface area contributed by atoms with Crippen molar-refractivity contribution in [3.05, 3.63) is 63.0 Å². The van der Waals surface area contributed by atoms with Crippen LogP contribution < -0.4 is 11.3 Å². The zero-order chi connectivity index (χ0) is 17.3. The molecule has 1 unspecified atom stereocenters. The zero-order valence-corrected chi connectivity index (χ0v) is 14.5. The predicted octanol–water partition coefficient (Wildman–Crippen LogP) is 2.66. The molecule has 124 valence electrons. The number of hydrogen-bond acceptors (Lipinski definition) is 4. The summed E-state index contributed by atoms with van der Waals surface area (Å²) in [6.07, 6.45) is 1.32. The van der Waals surface area contributed by atoms with E-state index in [0.717, 1.165) is 21.7 Å². The molecule has 0 spiro atoms. The van der Waals surface area contributed by atoms with Crippen LogP contribution in [0.3, 0.4) is 0 Å². The van der Waals surface area contributed by atoms with Crippen molar-refractivity contribution in [2.45, 2.75) is 32.7 Å². The first-order chi connectivity index (χ1) is 11.5. The highest BCUT2D eigenvalue weighted by atomic mass is 32.1. The number of primary amides is 1. The molecule has 0 aliphatic rings. The van der Waals surface area contributed by atoms with Gasteiger partial charge in [0, 0.05) is 11.3 Å². The van der Waals surface area contributed by atoms with Crippen LogP contribution in [0.2, 0.25) is 0 Å². The van der Waals surface area contributed by atoms with Crippen molar-refractivity contribution in [1.29, 1.82) is 0 Å². The number of carbonyl (C=O) groups excluding carboxylic acids is 1. The van der Waals surface area contributed by atoms with Gasteiger partial charge in [0.05, 0.1) is 5.39 Å². The molecule has 2 aromatic heterocycles. The highest BCUT2D eigenvalue weighted by Gasteiger charge is 2.21. The minimum absolute atomic E-state index is 0.201. The maximum Gasteiger partial charge on any atom is 0.263 e. The third-order valence-electron chi connectivity index (χ3n) is 4.07. The van der Waals surface area contributed by atoms with Crippen molar-refractivity contribution in [2.75, 3.05) is 0 Å². The van der Waals surface area contributed by atoms with Crippen molar-refractivity contribution in [2.24, 2.45) is 5.73 Å². The topological polar surface area (TPSA) is 78.0 Å². The normalized spacial score (nSPS) is 12.4. The Morgan fingerprint density at radius 3 is 2.67 bits per heavy atom. The lowest BCUT2D eigenvalue weighted by Crippen LogP contribution is -2.35. The number of rotatable bonds is 5. The van der Waals surface area contributed by atoms with Crippen molar-refractivity contribution < 1.29 is 4.79 Å². The van der Waals surface area contributed by atoms with Gasteiger partial charge in [-0.15, -0.1) is 11.3 Å². The van der Waals surface area contributed by atoms with Gasteiger partial charge in [-0.05, 0) is 25.0 Å². The first-order valence-electron chi connectivity index (χ1n) is 7.88. The molecule has 0 saturated carbocycles. The maximum absolute atomic E-state index is 12.9. The minimum atomic E-state index is -0.738. The number of hydrogen-bond donors (Lipinski definition) is 1. The molecule has 0 bridgehead atoms. The Hall–Kier alpha value is -2.47. The number of thiophene rings is 1. The number of amides is 1. The molecule has 3 aromatic rings. The van der Waals surface area contributed by atoms with E-state index in [1.165, 1.54) is 15.9 Å². The number of carbonyl (C=O) groups is 1. The molecule has 1 atom stereocenters. The number of nitrogens with zero attached hydrogens (tertiary/aromatic N) is 2. The molecule has 2 heterocycles. The van der Waals surface area contributed by atoms with E-state index in [1.807, 2.05) is 43.3 Å². The van der Waals surface area contributed by atoms with E-state index in [0.29, 0.717) is 17.6 Å². The fraction of sp³-hybridized carbons (Fsp3) is 0.278. The number of aromatic nitrogens is 2. The Morgan fingerprint density at radius 1 is 1.33 bits per heavy atom. The molecule has 24 heavy (non-hydrogen) atoms. The molecule has 0 aliphatic heterocycles. The quantitative estimate of drug-likeness (QED) is 0.775. The Labute approximate surface area is 143 Å². The Balaban J connectivity index is 2.22. The van der Waals surface area contributed by atoms with Gasteiger partial charge in [-0.2, -0.15) is 0 Å². The lowest BCUT2D eigenvalue weighted by Gasteiger charge is -2.16. The molecule has 3 rings (SSSR count). The molecule has 0 saturated heterocycles. The third kappa shape index (κ3) is 2.97. The van der Waals surface area contributed by atoms with Gasteiger partial charge in [0.1, 0.15) is 16.7 Å². The minimum Gasteiger partial charge on any atom is -0.368 e. The molecular weight excluding hydrogens is 322 g/mol. The second-order valence-corrected chi connectivity index (χ2v) is 6.84. The van der Waals surface area contributed by atoms with Gasteiger partial charge in [0.2, 0.25) is 5.91 Å². The summed E-state index contributed by atoms with van der Waals surface area (Å²) < 4.78 is 1.43. The van der Waals surface area contributed by atoms with E-state index in [4.69, 9.17) is 5.73 Å². The second-order valence-electron chi connectivity index (χ2n) is 5.73. The molecule has 0 fully saturated rings. The van der Waals surface area contributed by atoms with Crippen molar-refractivity contribution in [3.8, 4) is 0 Å². The van der Waals surface area contributed by atoms with E-state index >= 15 is 0 Å². The average molecular weight is 341 g/mol. The van der Waals surface area contributed by atoms with Crippen LogP contribution in [-0.4, -0.2) is 15.5 Å². The van der Waals surface area contributed by atoms with Crippen molar-refractivity contribution in [3.63, 3.8) is 0 Å². The second kappa shape index (κ2) is 6.57. The molecule has 2 N–H and O–H groups in total. The lowest BCUT2D eigenvalue weighted by atomic mass is 10.1. The van der Waals surface area contributed by atoms with Gasteiger partial charge in [0.15, 0.2) is 0 Å². The summed E-state index contributed by atoms with van der Waals surface area (Å²) in [5.74, 6) is 0.0213. The smallest absolute Gasteiger partial charge is 0.263 e. The summed E-state index contributed by atoms with van der Waals surface area (Å²) in [5, 5.41) is 0.557. The van der Waals surface area contributed by atoms with E-state index in [1.54, 1.807) is 6.92 Å². The number of aryl methyl sites for hydroxylation is 1. The largest absolute Gasteiger partial charge is 0.368 e. The van der Waals surface area contributed by atoms with Gasteiger partial charge in [0.25, 0.3) is 5.56 Å². The van der Waals surface area contributed by atoms with Crippen LogP contribution in [0.15, 0.2) is 41.2 Å². The van der Waals surface area contributed by atoms with E-state index in [-0.39, 0.29) is 5.56 Å². The predicted molar refractivity (Wildman–Crippen MR) is 96.4 cm³/mol. The first-order valence-corrected chi connectivity index (χ1v) is 8.70. The molecule has 1 amide bonds. The van der Waals surface area contributed by atoms with E-state index < -0.39 is 11.9 Å². The summed E-state index contributed by atoms with van der Waals surface area (Å²) in [7, 11) is 0. The third-order valence-corrected chi connectivity index (χ3v) is 5.25. The average Bonchev–Trinajstić information content (AvgIpc) is 2.99. The zero-order valence-electron chi connectivity index (χ0n) is 13.7.